The van der Waals surface area contributed by atoms with Crippen molar-refractivity contribution in [3.8, 4) is 0 Å². The molecule has 10 heteroatoms. The number of carbonyl (C=O) groups excluding carboxylic acids is 4. The van der Waals surface area contributed by atoms with Crippen molar-refractivity contribution in [1.29, 1.82) is 0 Å². The van der Waals surface area contributed by atoms with Crippen molar-refractivity contribution in [2.24, 2.45) is 0 Å². The fourth-order valence-corrected chi connectivity index (χ4v) is 3.48. The van der Waals surface area contributed by atoms with E-state index in [4.69, 9.17) is 0 Å². The van der Waals surface area contributed by atoms with E-state index in [-0.39, 0.29) is 24.0 Å². The zero-order valence-electron chi connectivity index (χ0n) is 11.2. The molecule has 0 radical (unpaired) electrons. The standard InChI is InChI=1S/C12H9N3O6S/c1-12(3-2-6(16)13-11(12)19)14-8(17)5-4-22-10(15(20)21)7(5)9(14)18/h4H,2-3H2,1H3,(H,13,16,19)/t12-/m1/s1. The Kier molecular flexibility index (Phi) is 2.89. The Morgan fingerprint density at radius 1 is 1.32 bits per heavy atom. The monoisotopic (exact) mass is 323 g/mol. The van der Waals surface area contributed by atoms with E-state index < -0.39 is 39.1 Å². The number of hydrogen-bond acceptors (Lipinski definition) is 7. The van der Waals surface area contributed by atoms with Gasteiger partial charge in [-0.1, -0.05) is 11.3 Å². The van der Waals surface area contributed by atoms with Gasteiger partial charge in [0.15, 0.2) is 0 Å². The summed E-state index contributed by atoms with van der Waals surface area (Å²) in [6.07, 6.45) is -0.0368. The summed E-state index contributed by atoms with van der Waals surface area (Å²) in [5.74, 6) is -2.88. The third kappa shape index (κ3) is 1.70. The second-order valence-corrected chi connectivity index (χ2v) is 6.04. The third-order valence-electron chi connectivity index (χ3n) is 3.86. The molecule has 0 saturated carbocycles. The molecule has 4 amide bonds. The van der Waals surface area contributed by atoms with Crippen LogP contribution in [-0.2, 0) is 9.59 Å². The zero-order valence-corrected chi connectivity index (χ0v) is 12.1. The molecule has 1 N–H and O–H groups in total. The minimum absolute atomic E-state index is 0.0172. The summed E-state index contributed by atoms with van der Waals surface area (Å²) in [6, 6.07) is 0. The average Bonchev–Trinajstić information content (AvgIpc) is 2.97. The SMILES string of the molecule is C[C@@]1(N2C(=O)c3csc([N+](=O)[O-])c3C2=O)CCC(=O)NC1=O. The highest BCUT2D eigenvalue weighted by atomic mass is 32.1. The first kappa shape index (κ1) is 14.3. The Labute approximate surface area is 127 Å². The Morgan fingerprint density at radius 2 is 2.00 bits per heavy atom. The van der Waals surface area contributed by atoms with E-state index in [1.807, 2.05) is 0 Å². The van der Waals surface area contributed by atoms with Crippen LogP contribution in [0.25, 0.3) is 0 Å². The number of nitrogens with one attached hydrogen (secondary N) is 1. The number of nitro groups is 1. The number of nitrogens with zero attached hydrogens (tertiary/aromatic N) is 2. The summed E-state index contributed by atoms with van der Waals surface area (Å²) in [5, 5.41) is 13.9. The van der Waals surface area contributed by atoms with Crippen LogP contribution in [0.1, 0.15) is 40.5 Å². The molecule has 0 aromatic carbocycles. The van der Waals surface area contributed by atoms with Crippen molar-refractivity contribution in [2.75, 3.05) is 0 Å². The molecule has 0 bridgehead atoms. The predicted molar refractivity (Wildman–Crippen MR) is 72.3 cm³/mol. The smallest absolute Gasteiger partial charge is 0.294 e. The normalized spacial score (nSPS) is 24.5. The zero-order chi connectivity index (χ0) is 16.2. The van der Waals surface area contributed by atoms with Crippen LogP contribution in [0.2, 0.25) is 0 Å². The van der Waals surface area contributed by atoms with Gasteiger partial charge >= 0.3 is 5.00 Å². The van der Waals surface area contributed by atoms with Crippen LogP contribution < -0.4 is 5.32 Å². The molecule has 0 spiro atoms. The highest BCUT2D eigenvalue weighted by Gasteiger charge is 2.55. The number of amides is 4. The molecular formula is C12H9N3O6S. The Morgan fingerprint density at radius 3 is 2.59 bits per heavy atom. The summed E-state index contributed by atoms with van der Waals surface area (Å²) >= 11 is 0.694. The maximum absolute atomic E-state index is 12.5. The molecule has 9 nitrogen and oxygen atoms in total. The van der Waals surface area contributed by atoms with Gasteiger partial charge in [0.05, 0.1) is 10.5 Å². The fourth-order valence-electron chi connectivity index (χ4n) is 2.63. The van der Waals surface area contributed by atoms with Gasteiger partial charge in [-0.15, -0.1) is 0 Å². The first-order chi connectivity index (χ1) is 10.3. The third-order valence-corrected chi connectivity index (χ3v) is 4.79. The van der Waals surface area contributed by atoms with Gasteiger partial charge in [0.2, 0.25) is 5.91 Å². The van der Waals surface area contributed by atoms with Crippen LogP contribution in [0.3, 0.4) is 0 Å². The van der Waals surface area contributed by atoms with Crippen molar-refractivity contribution >= 4 is 40.0 Å². The summed E-state index contributed by atoms with van der Waals surface area (Å²) in [6.45, 7) is 1.37. The molecule has 2 aliphatic rings. The van der Waals surface area contributed by atoms with E-state index >= 15 is 0 Å². The van der Waals surface area contributed by atoms with Crippen LogP contribution in [0.4, 0.5) is 5.00 Å². The second kappa shape index (κ2) is 4.44. The van der Waals surface area contributed by atoms with Crippen molar-refractivity contribution < 1.29 is 24.1 Å². The highest BCUT2D eigenvalue weighted by Crippen LogP contribution is 2.40. The maximum Gasteiger partial charge on any atom is 0.337 e. The second-order valence-electron chi connectivity index (χ2n) is 5.18. The van der Waals surface area contributed by atoms with Gasteiger partial charge in [0.25, 0.3) is 17.7 Å². The molecule has 3 heterocycles. The van der Waals surface area contributed by atoms with Crippen molar-refractivity contribution in [3.63, 3.8) is 0 Å². The van der Waals surface area contributed by atoms with Crippen LogP contribution in [-0.4, -0.2) is 39.0 Å². The van der Waals surface area contributed by atoms with Gasteiger partial charge in [-0.3, -0.25) is 39.5 Å². The lowest BCUT2D eigenvalue weighted by Gasteiger charge is -2.38. The lowest BCUT2D eigenvalue weighted by atomic mass is 9.89. The van der Waals surface area contributed by atoms with Crippen molar-refractivity contribution in [3.05, 3.63) is 26.6 Å². The van der Waals surface area contributed by atoms with Crippen LogP contribution in [0.5, 0.6) is 0 Å². The van der Waals surface area contributed by atoms with E-state index in [1.54, 1.807) is 0 Å². The minimum Gasteiger partial charge on any atom is -0.294 e. The molecule has 1 saturated heterocycles. The molecular weight excluding hydrogens is 314 g/mol. The maximum atomic E-state index is 12.5. The quantitative estimate of drug-likeness (QED) is 0.478. The van der Waals surface area contributed by atoms with Gasteiger partial charge in [0, 0.05) is 11.8 Å². The molecule has 0 aliphatic carbocycles. The first-order valence-corrected chi connectivity index (χ1v) is 7.14. The summed E-state index contributed by atoms with van der Waals surface area (Å²) in [5.41, 5.74) is -1.90. The van der Waals surface area contributed by atoms with Gasteiger partial charge in [-0.25, -0.2) is 0 Å². The van der Waals surface area contributed by atoms with E-state index in [0.717, 1.165) is 4.90 Å². The Balaban J connectivity index is 2.06. The fraction of sp³-hybridized carbons (Fsp3) is 0.333. The number of fused-ring (bicyclic) bond motifs is 1. The van der Waals surface area contributed by atoms with Crippen LogP contribution in [0, 0.1) is 10.1 Å². The topological polar surface area (TPSA) is 127 Å². The number of rotatable bonds is 2. The molecule has 1 fully saturated rings. The summed E-state index contributed by atoms with van der Waals surface area (Å²) < 4.78 is 0. The number of piperidine rings is 1. The Bertz CT molecular complexity index is 769. The Hall–Kier alpha value is -2.62. The molecule has 1 atom stereocenters. The number of carbonyl (C=O) groups is 4. The van der Waals surface area contributed by atoms with E-state index in [0.29, 0.717) is 11.3 Å². The highest BCUT2D eigenvalue weighted by molar-refractivity contribution is 7.14. The van der Waals surface area contributed by atoms with Crippen molar-refractivity contribution in [1.82, 2.24) is 10.2 Å². The lowest BCUT2D eigenvalue weighted by molar-refractivity contribution is -0.380. The van der Waals surface area contributed by atoms with Gasteiger partial charge in [-0.05, 0) is 13.3 Å². The van der Waals surface area contributed by atoms with Crippen LogP contribution in [0.15, 0.2) is 5.38 Å². The summed E-state index contributed by atoms with van der Waals surface area (Å²) in [4.78, 5) is 59.1. The minimum atomic E-state index is -1.54. The number of imide groups is 2. The van der Waals surface area contributed by atoms with Gasteiger partial charge in [-0.2, -0.15) is 0 Å². The average molecular weight is 323 g/mol. The van der Waals surface area contributed by atoms with E-state index in [2.05, 4.69) is 5.32 Å². The molecule has 22 heavy (non-hydrogen) atoms. The first-order valence-electron chi connectivity index (χ1n) is 6.26. The molecule has 2 aliphatic heterocycles. The summed E-state index contributed by atoms with van der Waals surface area (Å²) in [7, 11) is 0. The van der Waals surface area contributed by atoms with Crippen molar-refractivity contribution in [2.45, 2.75) is 25.3 Å². The van der Waals surface area contributed by atoms with Gasteiger partial charge in [0.1, 0.15) is 11.1 Å². The molecule has 0 unspecified atom stereocenters. The predicted octanol–water partition coefficient (Wildman–Crippen LogP) is 0.448. The molecule has 114 valence electrons. The number of hydrogen-bond donors (Lipinski definition) is 1. The van der Waals surface area contributed by atoms with Gasteiger partial charge < -0.3 is 0 Å². The lowest BCUT2D eigenvalue weighted by Crippen LogP contribution is -2.62. The molecule has 3 rings (SSSR count). The molecule has 1 aromatic heterocycles. The number of thiophene rings is 1. The van der Waals surface area contributed by atoms with E-state index in [1.165, 1.54) is 12.3 Å². The van der Waals surface area contributed by atoms with Crippen LogP contribution >= 0.6 is 11.3 Å². The van der Waals surface area contributed by atoms with E-state index in [9.17, 15) is 29.3 Å². The largest absolute Gasteiger partial charge is 0.337 e. The molecule has 1 aromatic rings.